The number of aromatic nitrogens is 4. The lowest BCUT2D eigenvalue weighted by molar-refractivity contribution is -0.148. The number of amides is 1. The minimum Gasteiger partial charge on any atom is -0.454 e. The molecule has 3 aromatic rings. The molecule has 9 heteroatoms. The van der Waals surface area contributed by atoms with E-state index in [1.165, 1.54) is 11.3 Å². The Morgan fingerprint density at radius 3 is 2.88 bits per heavy atom. The van der Waals surface area contributed by atoms with Gasteiger partial charge in [0.1, 0.15) is 0 Å². The van der Waals surface area contributed by atoms with Crippen LogP contribution in [0.15, 0.2) is 41.1 Å². The predicted molar refractivity (Wildman–Crippen MR) is 91.9 cm³/mol. The van der Waals surface area contributed by atoms with Gasteiger partial charge >= 0.3 is 5.97 Å². The second-order valence-corrected chi connectivity index (χ2v) is 5.96. The molecule has 1 N–H and O–H groups in total. The third-order valence-corrected chi connectivity index (χ3v) is 3.97. The van der Waals surface area contributed by atoms with Crippen molar-refractivity contribution >= 4 is 28.9 Å². The highest BCUT2D eigenvalue weighted by atomic mass is 32.1. The van der Waals surface area contributed by atoms with Gasteiger partial charge in [-0.05, 0) is 35.2 Å². The Balaban J connectivity index is 1.48. The highest BCUT2D eigenvalue weighted by Gasteiger charge is 2.12. The Hall–Kier alpha value is -3.07. The fraction of sp³-hybridized carbons (Fsp3) is 0.188. The fourth-order valence-electron chi connectivity index (χ4n) is 2.02. The fourth-order valence-corrected chi connectivity index (χ4v) is 2.66. The molecule has 0 bridgehead atoms. The summed E-state index contributed by atoms with van der Waals surface area (Å²) in [5.41, 5.74) is 2.44. The van der Waals surface area contributed by atoms with Crippen LogP contribution in [0.5, 0.6) is 0 Å². The molecule has 1 amide bonds. The molecule has 0 aliphatic carbocycles. The van der Waals surface area contributed by atoms with Crippen LogP contribution in [-0.4, -0.2) is 38.7 Å². The van der Waals surface area contributed by atoms with Gasteiger partial charge in [-0.25, -0.2) is 4.79 Å². The Kier molecular flexibility index (Phi) is 5.14. The molecule has 8 nitrogen and oxygen atoms in total. The molecule has 1 aromatic carbocycles. The summed E-state index contributed by atoms with van der Waals surface area (Å²) in [4.78, 5) is 24.8. The third-order valence-electron chi connectivity index (χ3n) is 3.29. The molecule has 0 aliphatic heterocycles. The maximum Gasteiger partial charge on any atom is 0.330 e. The maximum absolute atomic E-state index is 11.8. The van der Waals surface area contributed by atoms with E-state index in [0.29, 0.717) is 11.5 Å². The SMILES string of the molecule is Cc1ccccc1NC(=O)COC(=O)Cn1nnc(-c2ccsc2)n1. The molecule has 0 spiro atoms. The predicted octanol–water partition coefficient (Wildman–Crippen LogP) is 1.89. The number of esters is 1. The number of nitrogens with zero attached hydrogens (tertiary/aromatic N) is 4. The number of hydrogen-bond acceptors (Lipinski definition) is 7. The Morgan fingerprint density at radius 2 is 2.12 bits per heavy atom. The molecule has 3 rings (SSSR count). The number of rotatable bonds is 6. The van der Waals surface area contributed by atoms with E-state index in [1.807, 2.05) is 41.9 Å². The number of tetrazole rings is 1. The average molecular weight is 357 g/mol. The molecule has 2 heterocycles. The number of carbonyl (C=O) groups is 2. The first-order chi connectivity index (χ1) is 12.1. The van der Waals surface area contributed by atoms with E-state index in [-0.39, 0.29) is 13.2 Å². The van der Waals surface area contributed by atoms with Gasteiger partial charge < -0.3 is 10.1 Å². The quantitative estimate of drug-likeness (QED) is 0.677. The molecule has 0 fully saturated rings. The first-order valence-corrected chi connectivity index (χ1v) is 8.37. The van der Waals surface area contributed by atoms with Crippen molar-refractivity contribution in [1.29, 1.82) is 0 Å². The number of anilines is 1. The minimum absolute atomic E-state index is 0.214. The summed E-state index contributed by atoms with van der Waals surface area (Å²) < 4.78 is 4.94. The minimum atomic E-state index is -0.616. The molecule has 0 atom stereocenters. The van der Waals surface area contributed by atoms with Crippen LogP contribution in [0.2, 0.25) is 0 Å². The molecular weight excluding hydrogens is 342 g/mol. The Morgan fingerprint density at radius 1 is 1.28 bits per heavy atom. The molecule has 25 heavy (non-hydrogen) atoms. The average Bonchev–Trinajstić information content (AvgIpc) is 3.26. The van der Waals surface area contributed by atoms with Crippen molar-refractivity contribution in [3.8, 4) is 11.4 Å². The number of benzene rings is 1. The van der Waals surface area contributed by atoms with Gasteiger partial charge in [-0.2, -0.15) is 16.1 Å². The van der Waals surface area contributed by atoms with E-state index < -0.39 is 11.9 Å². The van der Waals surface area contributed by atoms with Gasteiger partial charge in [0.2, 0.25) is 5.82 Å². The normalized spacial score (nSPS) is 10.4. The van der Waals surface area contributed by atoms with E-state index in [9.17, 15) is 9.59 Å². The van der Waals surface area contributed by atoms with Gasteiger partial charge in [0.25, 0.3) is 5.91 Å². The number of thiophene rings is 1. The van der Waals surface area contributed by atoms with Crippen LogP contribution in [0, 0.1) is 6.92 Å². The number of para-hydroxylation sites is 1. The summed E-state index contributed by atoms with van der Waals surface area (Å²) in [5.74, 6) is -0.589. The lowest BCUT2D eigenvalue weighted by Crippen LogP contribution is -2.23. The molecule has 0 saturated carbocycles. The van der Waals surface area contributed by atoms with Gasteiger partial charge in [0.05, 0.1) is 0 Å². The van der Waals surface area contributed by atoms with Gasteiger partial charge in [-0.1, -0.05) is 18.2 Å². The summed E-state index contributed by atoms with van der Waals surface area (Å²) in [5, 5.41) is 18.2. The summed E-state index contributed by atoms with van der Waals surface area (Å²) in [6.07, 6.45) is 0. The maximum atomic E-state index is 11.8. The van der Waals surface area contributed by atoms with E-state index >= 15 is 0 Å². The molecule has 0 aliphatic rings. The van der Waals surface area contributed by atoms with Crippen molar-refractivity contribution in [2.75, 3.05) is 11.9 Å². The van der Waals surface area contributed by atoms with E-state index in [1.54, 1.807) is 6.07 Å². The van der Waals surface area contributed by atoms with Crippen LogP contribution in [0.1, 0.15) is 5.56 Å². The zero-order valence-corrected chi connectivity index (χ0v) is 14.2. The molecule has 0 saturated heterocycles. The van der Waals surface area contributed by atoms with Gasteiger partial charge in [-0.15, -0.1) is 10.2 Å². The summed E-state index contributed by atoms with van der Waals surface area (Å²) in [6.45, 7) is 1.29. The number of aryl methyl sites for hydroxylation is 1. The van der Waals surface area contributed by atoms with Crippen LogP contribution >= 0.6 is 11.3 Å². The standard InChI is InChI=1S/C16H15N5O3S/c1-11-4-2-3-5-13(11)17-14(22)9-24-15(23)8-21-19-16(18-20-21)12-6-7-25-10-12/h2-7,10H,8-9H2,1H3,(H,17,22). The smallest absolute Gasteiger partial charge is 0.330 e. The third kappa shape index (κ3) is 4.48. The van der Waals surface area contributed by atoms with Crippen molar-refractivity contribution in [1.82, 2.24) is 20.2 Å². The summed E-state index contributed by atoms with van der Waals surface area (Å²) in [6, 6.07) is 9.21. The highest BCUT2D eigenvalue weighted by molar-refractivity contribution is 7.08. The van der Waals surface area contributed by atoms with E-state index in [0.717, 1.165) is 15.9 Å². The zero-order valence-electron chi connectivity index (χ0n) is 13.4. The van der Waals surface area contributed by atoms with E-state index in [4.69, 9.17) is 4.74 Å². The molecule has 2 aromatic heterocycles. The van der Waals surface area contributed by atoms with Crippen LogP contribution in [-0.2, 0) is 20.9 Å². The van der Waals surface area contributed by atoms with Crippen molar-refractivity contribution in [3.63, 3.8) is 0 Å². The second kappa shape index (κ2) is 7.67. The summed E-state index contributed by atoms with van der Waals surface area (Å²) >= 11 is 1.52. The molecular formula is C16H15N5O3S. The number of carbonyl (C=O) groups excluding carboxylic acids is 2. The number of hydrogen-bond donors (Lipinski definition) is 1. The van der Waals surface area contributed by atoms with Crippen LogP contribution in [0.25, 0.3) is 11.4 Å². The topological polar surface area (TPSA) is 99.0 Å². The zero-order chi connectivity index (χ0) is 17.6. The largest absolute Gasteiger partial charge is 0.454 e. The number of nitrogens with one attached hydrogen (secondary N) is 1. The Labute approximate surface area is 147 Å². The first kappa shape index (κ1) is 16.8. The lowest BCUT2D eigenvalue weighted by atomic mass is 10.2. The van der Waals surface area contributed by atoms with Crippen LogP contribution in [0.4, 0.5) is 5.69 Å². The van der Waals surface area contributed by atoms with Crippen molar-refractivity contribution < 1.29 is 14.3 Å². The molecule has 0 radical (unpaired) electrons. The number of ether oxygens (including phenoxy) is 1. The lowest BCUT2D eigenvalue weighted by Gasteiger charge is -2.08. The second-order valence-electron chi connectivity index (χ2n) is 5.18. The van der Waals surface area contributed by atoms with Crippen LogP contribution in [0.3, 0.4) is 0 Å². The van der Waals surface area contributed by atoms with Crippen molar-refractivity contribution in [3.05, 3.63) is 46.7 Å². The first-order valence-electron chi connectivity index (χ1n) is 7.43. The van der Waals surface area contributed by atoms with Crippen LogP contribution < -0.4 is 5.32 Å². The van der Waals surface area contributed by atoms with E-state index in [2.05, 4.69) is 20.7 Å². The molecule has 0 unspecified atom stereocenters. The van der Waals surface area contributed by atoms with Crippen molar-refractivity contribution in [2.45, 2.75) is 13.5 Å². The van der Waals surface area contributed by atoms with Crippen molar-refractivity contribution in [2.24, 2.45) is 0 Å². The monoisotopic (exact) mass is 357 g/mol. The van der Waals surface area contributed by atoms with Gasteiger partial charge in [-0.3, -0.25) is 4.79 Å². The van der Waals surface area contributed by atoms with Gasteiger partial charge in [0, 0.05) is 16.6 Å². The highest BCUT2D eigenvalue weighted by Crippen LogP contribution is 2.16. The summed E-state index contributed by atoms with van der Waals surface area (Å²) in [7, 11) is 0. The van der Waals surface area contributed by atoms with Gasteiger partial charge in [0.15, 0.2) is 13.2 Å². The Bertz CT molecular complexity index is 876. The molecule has 128 valence electrons.